The molecular formula is C19H21FN6O2. The van der Waals surface area contributed by atoms with E-state index in [1.54, 1.807) is 0 Å². The van der Waals surface area contributed by atoms with Crippen molar-refractivity contribution in [1.82, 2.24) is 15.0 Å². The van der Waals surface area contributed by atoms with E-state index in [4.69, 9.17) is 11.1 Å². The Morgan fingerprint density at radius 3 is 2.64 bits per heavy atom. The number of aromatic nitrogens is 3. The minimum absolute atomic E-state index is 0.0297. The first-order valence-electron chi connectivity index (χ1n) is 9.25. The van der Waals surface area contributed by atoms with Crippen LogP contribution in [0.5, 0.6) is 0 Å². The standard InChI is InChI=1S/C19H21FN6O2/c20-11-5-12(18(22)24-6-11)16(21)13-7-23-8-14(25-13)26-17-10-3-1-9(2-4-10)15(17)19(27)28/h5-10,15,17,21H,1-4H2,(H2,22,24)(H,25,26)(H,27,28). The van der Waals surface area contributed by atoms with E-state index in [1.165, 1.54) is 12.4 Å². The summed E-state index contributed by atoms with van der Waals surface area (Å²) in [5.74, 6) is -0.968. The van der Waals surface area contributed by atoms with Gasteiger partial charge < -0.3 is 16.2 Å². The van der Waals surface area contributed by atoms with Gasteiger partial charge in [0.1, 0.15) is 23.1 Å². The fourth-order valence-electron chi connectivity index (χ4n) is 4.53. The SMILES string of the molecule is N=C(c1cncc(NC2C3CCC(CC3)C2C(=O)O)n1)c1cc(F)cnc1N. The van der Waals surface area contributed by atoms with Crippen LogP contribution in [-0.4, -0.2) is 37.8 Å². The lowest BCUT2D eigenvalue weighted by atomic mass is 9.61. The minimum Gasteiger partial charge on any atom is -0.481 e. The molecule has 2 heterocycles. The zero-order valence-corrected chi connectivity index (χ0v) is 15.1. The van der Waals surface area contributed by atoms with Crippen LogP contribution in [0, 0.1) is 29.0 Å². The quantitative estimate of drug-likeness (QED) is 0.580. The number of nitrogens with one attached hydrogen (secondary N) is 2. The summed E-state index contributed by atoms with van der Waals surface area (Å²) in [7, 11) is 0. The molecule has 3 saturated carbocycles. The van der Waals surface area contributed by atoms with E-state index >= 15 is 0 Å². The summed E-state index contributed by atoms with van der Waals surface area (Å²) >= 11 is 0. The van der Waals surface area contributed by atoms with Gasteiger partial charge in [-0.2, -0.15) is 0 Å². The molecule has 0 aliphatic heterocycles. The van der Waals surface area contributed by atoms with Crippen LogP contribution >= 0.6 is 0 Å². The Hall–Kier alpha value is -3.10. The van der Waals surface area contributed by atoms with E-state index in [0.29, 0.717) is 5.82 Å². The number of nitrogen functional groups attached to an aromatic ring is 1. The molecule has 0 spiro atoms. The molecule has 2 aromatic heterocycles. The number of nitrogens with zero attached hydrogens (tertiary/aromatic N) is 3. The summed E-state index contributed by atoms with van der Waals surface area (Å²) in [5.41, 5.74) is 6.00. The van der Waals surface area contributed by atoms with Crippen LogP contribution in [0.4, 0.5) is 16.0 Å². The Kier molecular flexibility index (Phi) is 4.66. The molecule has 3 aliphatic carbocycles. The van der Waals surface area contributed by atoms with Crippen LogP contribution in [0.3, 0.4) is 0 Å². The molecule has 5 N–H and O–H groups in total. The highest BCUT2D eigenvalue weighted by Gasteiger charge is 2.47. The number of pyridine rings is 1. The molecule has 0 radical (unpaired) electrons. The Morgan fingerprint density at radius 1 is 1.21 bits per heavy atom. The third kappa shape index (κ3) is 3.28. The molecule has 3 fully saturated rings. The first-order valence-corrected chi connectivity index (χ1v) is 9.25. The highest BCUT2D eigenvalue weighted by Crippen LogP contribution is 2.46. The summed E-state index contributed by atoms with van der Waals surface area (Å²) in [6.07, 6.45) is 7.77. The number of anilines is 2. The molecule has 5 rings (SSSR count). The van der Waals surface area contributed by atoms with Crippen molar-refractivity contribution in [1.29, 1.82) is 5.41 Å². The van der Waals surface area contributed by atoms with Gasteiger partial charge in [0.2, 0.25) is 0 Å². The molecule has 9 heteroatoms. The predicted molar refractivity (Wildman–Crippen MR) is 101 cm³/mol. The number of fused-ring (bicyclic) bond motifs is 3. The van der Waals surface area contributed by atoms with Crippen LogP contribution in [0.1, 0.15) is 36.9 Å². The Bertz CT molecular complexity index is 928. The molecule has 3 aliphatic rings. The maximum absolute atomic E-state index is 13.5. The summed E-state index contributed by atoms with van der Waals surface area (Å²) in [6.45, 7) is 0. The molecule has 146 valence electrons. The highest BCUT2D eigenvalue weighted by atomic mass is 19.1. The van der Waals surface area contributed by atoms with Gasteiger partial charge in [-0.15, -0.1) is 0 Å². The van der Waals surface area contributed by atoms with Crippen LogP contribution < -0.4 is 11.1 Å². The molecule has 2 unspecified atom stereocenters. The lowest BCUT2D eigenvalue weighted by Crippen LogP contribution is -2.51. The maximum Gasteiger partial charge on any atom is 0.308 e. The monoisotopic (exact) mass is 384 g/mol. The number of hydrogen-bond acceptors (Lipinski definition) is 7. The van der Waals surface area contributed by atoms with Crippen LogP contribution in [0.25, 0.3) is 0 Å². The van der Waals surface area contributed by atoms with Crippen LogP contribution in [-0.2, 0) is 4.79 Å². The van der Waals surface area contributed by atoms with Crippen molar-refractivity contribution in [2.24, 2.45) is 17.8 Å². The zero-order chi connectivity index (χ0) is 19.8. The zero-order valence-electron chi connectivity index (χ0n) is 15.1. The number of hydrogen-bond donors (Lipinski definition) is 4. The predicted octanol–water partition coefficient (Wildman–Crippen LogP) is 2.31. The van der Waals surface area contributed by atoms with Gasteiger partial charge >= 0.3 is 5.97 Å². The van der Waals surface area contributed by atoms with Gasteiger partial charge in [-0.25, -0.2) is 14.4 Å². The normalized spacial score (nSPS) is 26.0. The summed E-state index contributed by atoms with van der Waals surface area (Å²) in [4.78, 5) is 24.0. The van der Waals surface area contributed by atoms with E-state index in [9.17, 15) is 14.3 Å². The van der Waals surface area contributed by atoms with Crippen molar-refractivity contribution in [3.05, 3.63) is 41.7 Å². The second-order valence-corrected chi connectivity index (χ2v) is 7.46. The van der Waals surface area contributed by atoms with E-state index in [0.717, 1.165) is 37.9 Å². The molecule has 0 amide bonds. The van der Waals surface area contributed by atoms with Crippen molar-refractivity contribution >= 4 is 23.3 Å². The Balaban J connectivity index is 1.60. The second kappa shape index (κ2) is 7.14. The molecule has 28 heavy (non-hydrogen) atoms. The molecule has 8 nitrogen and oxygen atoms in total. The third-order valence-corrected chi connectivity index (χ3v) is 5.86. The van der Waals surface area contributed by atoms with Crippen molar-refractivity contribution in [3.8, 4) is 0 Å². The first-order chi connectivity index (χ1) is 13.4. The average Bonchev–Trinajstić information content (AvgIpc) is 2.70. The Labute approximate surface area is 160 Å². The number of rotatable bonds is 5. The number of carboxylic acids is 1. The van der Waals surface area contributed by atoms with Crippen molar-refractivity contribution in [3.63, 3.8) is 0 Å². The molecular weight excluding hydrogens is 363 g/mol. The van der Waals surface area contributed by atoms with Gasteiger partial charge in [-0.05, 0) is 43.6 Å². The van der Waals surface area contributed by atoms with Gasteiger partial charge in [0, 0.05) is 11.6 Å². The third-order valence-electron chi connectivity index (χ3n) is 5.86. The lowest BCUT2D eigenvalue weighted by molar-refractivity contribution is -0.148. The van der Waals surface area contributed by atoms with Crippen molar-refractivity contribution in [2.45, 2.75) is 31.7 Å². The maximum atomic E-state index is 13.5. The van der Waals surface area contributed by atoms with Gasteiger partial charge in [0.25, 0.3) is 0 Å². The van der Waals surface area contributed by atoms with Crippen molar-refractivity contribution < 1.29 is 14.3 Å². The minimum atomic E-state index is -0.789. The molecule has 2 aromatic rings. The van der Waals surface area contributed by atoms with Crippen LogP contribution in [0.2, 0.25) is 0 Å². The lowest BCUT2D eigenvalue weighted by Gasteiger charge is -2.47. The summed E-state index contributed by atoms with van der Waals surface area (Å²) in [5, 5.41) is 21.2. The number of carbonyl (C=O) groups is 1. The van der Waals surface area contributed by atoms with E-state index in [-0.39, 0.29) is 40.7 Å². The number of aliphatic carboxylic acids is 1. The Morgan fingerprint density at radius 2 is 1.93 bits per heavy atom. The molecule has 2 atom stereocenters. The number of nitrogens with two attached hydrogens (primary N) is 1. The summed E-state index contributed by atoms with van der Waals surface area (Å²) < 4.78 is 13.5. The number of halogens is 1. The van der Waals surface area contributed by atoms with Crippen LogP contribution in [0.15, 0.2) is 24.7 Å². The van der Waals surface area contributed by atoms with E-state index in [1.807, 2.05) is 0 Å². The average molecular weight is 384 g/mol. The largest absolute Gasteiger partial charge is 0.481 e. The van der Waals surface area contributed by atoms with E-state index < -0.39 is 17.7 Å². The topological polar surface area (TPSA) is 138 Å². The highest BCUT2D eigenvalue weighted by molar-refractivity contribution is 6.12. The summed E-state index contributed by atoms with van der Waals surface area (Å²) in [6, 6.07) is 0.914. The van der Waals surface area contributed by atoms with Gasteiger partial charge in [-0.1, -0.05) is 0 Å². The molecule has 0 saturated heterocycles. The van der Waals surface area contributed by atoms with Gasteiger partial charge in [-0.3, -0.25) is 15.2 Å². The fourth-order valence-corrected chi connectivity index (χ4v) is 4.53. The van der Waals surface area contributed by atoms with E-state index in [2.05, 4.69) is 20.3 Å². The molecule has 2 bridgehead atoms. The number of carboxylic acid groups (broad SMARTS) is 1. The molecule has 0 aromatic carbocycles. The fraction of sp³-hybridized carbons (Fsp3) is 0.421. The van der Waals surface area contributed by atoms with Gasteiger partial charge in [0.05, 0.1) is 30.2 Å². The second-order valence-electron chi connectivity index (χ2n) is 7.46. The van der Waals surface area contributed by atoms with Gasteiger partial charge in [0.15, 0.2) is 0 Å². The smallest absolute Gasteiger partial charge is 0.308 e. The first kappa shape index (κ1) is 18.3. The van der Waals surface area contributed by atoms with Crippen molar-refractivity contribution in [2.75, 3.05) is 11.1 Å².